The van der Waals surface area contributed by atoms with Crippen molar-refractivity contribution in [1.29, 1.82) is 5.26 Å². The van der Waals surface area contributed by atoms with Gasteiger partial charge in [0.15, 0.2) is 0 Å². The van der Waals surface area contributed by atoms with Crippen LogP contribution in [0.2, 0.25) is 5.02 Å². The molecular weight excluding hydrogens is 244 g/mol. The van der Waals surface area contributed by atoms with Crippen LogP contribution in [-0.4, -0.2) is 12.1 Å². The van der Waals surface area contributed by atoms with Gasteiger partial charge in [-0.05, 0) is 48.9 Å². The van der Waals surface area contributed by atoms with Gasteiger partial charge >= 0.3 is 0 Å². The minimum atomic E-state index is 0.206. The summed E-state index contributed by atoms with van der Waals surface area (Å²) in [6, 6.07) is 9.49. The lowest BCUT2D eigenvalue weighted by Gasteiger charge is -2.20. The topological polar surface area (TPSA) is 35.8 Å². The van der Waals surface area contributed by atoms with Crippen molar-refractivity contribution in [3.8, 4) is 6.07 Å². The highest BCUT2D eigenvalue weighted by molar-refractivity contribution is 6.30. The molecule has 0 aromatic heterocycles. The Labute approximate surface area is 113 Å². The SMILES string of the molecule is N#CC1CCCC1NC1Cc2ccc(Cl)cc2C1. The summed E-state index contributed by atoms with van der Waals surface area (Å²) in [5.74, 6) is 0.206. The zero-order chi connectivity index (χ0) is 12.5. The highest BCUT2D eigenvalue weighted by atomic mass is 35.5. The van der Waals surface area contributed by atoms with Gasteiger partial charge in [0.25, 0.3) is 0 Å². The number of halogens is 1. The fourth-order valence-electron chi connectivity index (χ4n) is 3.32. The Morgan fingerprint density at radius 1 is 1.22 bits per heavy atom. The van der Waals surface area contributed by atoms with Crippen LogP contribution in [0.5, 0.6) is 0 Å². The molecule has 3 atom stereocenters. The molecule has 1 N–H and O–H groups in total. The van der Waals surface area contributed by atoms with E-state index in [1.807, 2.05) is 6.07 Å². The van der Waals surface area contributed by atoms with Crippen molar-refractivity contribution >= 4 is 11.6 Å². The Balaban J connectivity index is 1.66. The van der Waals surface area contributed by atoms with E-state index in [2.05, 4.69) is 23.5 Å². The van der Waals surface area contributed by atoms with Crippen LogP contribution >= 0.6 is 11.6 Å². The van der Waals surface area contributed by atoms with Gasteiger partial charge in [-0.15, -0.1) is 0 Å². The molecule has 3 unspecified atom stereocenters. The third-order valence-corrected chi connectivity index (χ3v) is 4.47. The van der Waals surface area contributed by atoms with Gasteiger partial charge in [0.1, 0.15) is 0 Å². The van der Waals surface area contributed by atoms with E-state index < -0.39 is 0 Å². The predicted molar refractivity (Wildman–Crippen MR) is 72.5 cm³/mol. The monoisotopic (exact) mass is 260 g/mol. The van der Waals surface area contributed by atoms with Gasteiger partial charge in [0.05, 0.1) is 12.0 Å². The van der Waals surface area contributed by atoms with Crippen LogP contribution in [0.1, 0.15) is 30.4 Å². The van der Waals surface area contributed by atoms with E-state index in [9.17, 15) is 0 Å². The van der Waals surface area contributed by atoms with Gasteiger partial charge in [0.2, 0.25) is 0 Å². The molecule has 2 aliphatic rings. The van der Waals surface area contributed by atoms with Crippen molar-refractivity contribution in [2.45, 2.75) is 44.2 Å². The maximum atomic E-state index is 9.11. The Kier molecular flexibility index (Phi) is 3.28. The number of nitrogens with one attached hydrogen (secondary N) is 1. The van der Waals surface area contributed by atoms with Gasteiger partial charge in [0, 0.05) is 17.1 Å². The number of rotatable bonds is 2. The van der Waals surface area contributed by atoms with Gasteiger partial charge in [-0.25, -0.2) is 0 Å². The smallest absolute Gasteiger partial charge is 0.0672 e. The van der Waals surface area contributed by atoms with Crippen LogP contribution in [-0.2, 0) is 12.8 Å². The maximum absolute atomic E-state index is 9.11. The zero-order valence-electron chi connectivity index (χ0n) is 10.3. The second-order valence-electron chi connectivity index (χ2n) is 5.46. The number of nitrogens with zero attached hydrogens (tertiary/aromatic N) is 1. The van der Waals surface area contributed by atoms with Crippen LogP contribution < -0.4 is 5.32 Å². The molecule has 0 amide bonds. The molecule has 18 heavy (non-hydrogen) atoms. The lowest BCUT2D eigenvalue weighted by molar-refractivity contribution is 0.402. The zero-order valence-corrected chi connectivity index (χ0v) is 11.1. The van der Waals surface area contributed by atoms with Crippen LogP contribution in [0.3, 0.4) is 0 Å². The highest BCUT2D eigenvalue weighted by Crippen LogP contribution is 2.29. The standard InChI is InChI=1S/C15H17ClN2/c16-13-5-4-10-7-14(8-12(10)6-13)18-15-3-1-2-11(15)9-17/h4-6,11,14-15,18H,1-3,7-8H2. The van der Waals surface area contributed by atoms with E-state index in [0.717, 1.165) is 30.7 Å². The summed E-state index contributed by atoms with van der Waals surface area (Å²) in [4.78, 5) is 0. The van der Waals surface area contributed by atoms with Crippen molar-refractivity contribution in [2.75, 3.05) is 0 Å². The molecule has 3 rings (SSSR count). The van der Waals surface area contributed by atoms with Gasteiger partial charge in [-0.3, -0.25) is 0 Å². The van der Waals surface area contributed by atoms with Gasteiger partial charge in [-0.2, -0.15) is 5.26 Å². The average Bonchev–Trinajstić information content (AvgIpc) is 2.94. The highest BCUT2D eigenvalue weighted by Gasteiger charge is 2.31. The summed E-state index contributed by atoms with van der Waals surface area (Å²) >= 11 is 6.02. The summed E-state index contributed by atoms with van der Waals surface area (Å²) < 4.78 is 0. The van der Waals surface area contributed by atoms with Crippen molar-refractivity contribution in [1.82, 2.24) is 5.32 Å². The molecule has 0 aliphatic heterocycles. The summed E-state index contributed by atoms with van der Waals surface area (Å²) in [6.45, 7) is 0. The molecule has 2 nitrogen and oxygen atoms in total. The fourth-order valence-corrected chi connectivity index (χ4v) is 3.52. The molecule has 0 bridgehead atoms. The summed E-state index contributed by atoms with van der Waals surface area (Å²) in [7, 11) is 0. The number of hydrogen-bond donors (Lipinski definition) is 1. The molecule has 2 aliphatic carbocycles. The van der Waals surface area contributed by atoms with Crippen LogP contribution in [0.25, 0.3) is 0 Å². The molecule has 3 heteroatoms. The van der Waals surface area contributed by atoms with E-state index in [1.54, 1.807) is 0 Å². The lowest BCUT2D eigenvalue weighted by Crippen LogP contribution is -2.40. The molecule has 0 saturated heterocycles. The van der Waals surface area contributed by atoms with E-state index in [-0.39, 0.29) is 5.92 Å². The molecule has 1 aromatic rings. The normalized spacial score (nSPS) is 30.1. The predicted octanol–water partition coefficient (Wildman–Crippen LogP) is 3.09. The van der Waals surface area contributed by atoms with Crippen molar-refractivity contribution in [3.63, 3.8) is 0 Å². The van der Waals surface area contributed by atoms with Crippen LogP contribution in [0.15, 0.2) is 18.2 Å². The molecule has 1 aromatic carbocycles. The summed E-state index contributed by atoms with van der Waals surface area (Å²) in [5.41, 5.74) is 2.77. The first-order valence-corrected chi connectivity index (χ1v) is 7.07. The van der Waals surface area contributed by atoms with E-state index >= 15 is 0 Å². The number of hydrogen-bond acceptors (Lipinski definition) is 2. The fraction of sp³-hybridized carbons (Fsp3) is 0.533. The van der Waals surface area contributed by atoms with E-state index in [4.69, 9.17) is 16.9 Å². The first-order valence-electron chi connectivity index (χ1n) is 6.69. The molecule has 0 radical (unpaired) electrons. The Bertz CT molecular complexity index is 492. The largest absolute Gasteiger partial charge is 0.309 e. The molecule has 1 saturated carbocycles. The third-order valence-electron chi connectivity index (χ3n) is 4.23. The van der Waals surface area contributed by atoms with E-state index in [0.29, 0.717) is 12.1 Å². The van der Waals surface area contributed by atoms with Crippen molar-refractivity contribution in [3.05, 3.63) is 34.3 Å². The third kappa shape index (κ3) is 2.25. The van der Waals surface area contributed by atoms with Crippen molar-refractivity contribution in [2.24, 2.45) is 5.92 Å². The quantitative estimate of drug-likeness (QED) is 0.887. The lowest BCUT2D eigenvalue weighted by atomic mass is 10.0. The van der Waals surface area contributed by atoms with E-state index in [1.165, 1.54) is 17.5 Å². The number of benzene rings is 1. The molecule has 94 valence electrons. The molecule has 0 heterocycles. The Hall–Kier alpha value is -1.04. The molecular formula is C15H17ClN2. The average molecular weight is 261 g/mol. The number of fused-ring (bicyclic) bond motifs is 1. The van der Waals surface area contributed by atoms with Crippen LogP contribution in [0, 0.1) is 17.2 Å². The molecule has 0 spiro atoms. The van der Waals surface area contributed by atoms with Gasteiger partial charge in [-0.1, -0.05) is 24.1 Å². The molecule has 1 fully saturated rings. The number of nitriles is 1. The first-order chi connectivity index (χ1) is 8.76. The second-order valence-corrected chi connectivity index (χ2v) is 5.89. The Morgan fingerprint density at radius 3 is 2.89 bits per heavy atom. The van der Waals surface area contributed by atoms with Crippen LogP contribution in [0.4, 0.5) is 0 Å². The maximum Gasteiger partial charge on any atom is 0.0672 e. The first kappa shape index (κ1) is 12.0. The Morgan fingerprint density at radius 2 is 2.06 bits per heavy atom. The second kappa shape index (κ2) is 4.91. The summed E-state index contributed by atoms with van der Waals surface area (Å²) in [6.07, 6.45) is 5.50. The van der Waals surface area contributed by atoms with Gasteiger partial charge < -0.3 is 5.32 Å². The minimum absolute atomic E-state index is 0.206. The minimum Gasteiger partial charge on any atom is -0.309 e. The summed E-state index contributed by atoms with van der Waals surface area (Å²) in [5, 5.41) is 13.6. The van der Waals surface area contributed by atoms with Crippen molar-refractivity contribution < 1.29 is 0 Å².